The number of nitro groups is 1. The molecule has 0 saturated carbocycles. The summed E-state index contributed by atoms with van der Waals surface area (Å²) in [6, 6.07) is 2.70. The number of carbonyl (C=O) groups excluding carboxylic acids is 1. The van der Waals surface area contributed by atoms with Crippen LogP contribution in [-0.4, -0.2) is 18.0 Å². The van der Waals surface area contributed by atoms with Crippen molar-refractivity contribution in [2.45, 2.75) is 6.92 Å². The number of hydrogen-bond acceptors (Lipinski definition) is 4. The third-order valence-electron chi connectivity index (χ3n) is 1.95. The van der Waals surface area contributed by atoms with Gasteiger partial charge in [0.1, 0.15) is 5.56 Å². The van der Waals surface area contributed by atoms with Gasteiger partial charge in [0, 0.05) is 5.56 Å². The second kappa shape index (κ2) is 4.27. The molecule has 1 aromatic carbocycles. The maximum atomic E-state index is 11.2. The van der Waals surface area contributed by atoms with Gasteiger partial charge in [0.25, 0.3) is 5.69 Å². The quantitative estimate of drug-likeness (QED) is 0.443. The van der Waals surface area contributed by atoms with E-state index in [1.54, 1.807) is 0 Å². The van der Waals surface area contributed by atoms with Crippen LogP contribution >= 0.6 is 11.6 Å². The van der Waals surface area contributed by atoms with Crippen molar-refractivity contribution < 1.29 is 14.5 Å². The zero-order valence-corrected chi connectivity index (χ0v) is 8.87. The van der Waals surface area contributed by atoms with Gasteiger partial charge in [0.05, 0.1) is 17.1 Å². The van der Waals surface area contributed by atoms with E-state index < -0.39 is 10.9 Å². The van der Waals surface area contributed by atoms with Crippen LogP contribution in [0, 0.1) is 17.0 Å². The van der Waals surface area contributed by atoms with Gasteiger partial charge in [0.15, 0.2) is 0 Å². The Bertz CT molecular complexity index is 430. The fourth-order valence-electron chi connectivity index (χ4n) is 1.19. The van der Waals surface area contributed by atoms with Gasteiger partial charge in [-0.3, -0.25) is 10.1 Å². The normalized spacial score (nSPS) is 9.80. The number of hydrogen-bond donors (Lipinski definition) is 0. The molecule has 1 rings (SSSR count). The van der Waals surface area contributed by atoms with Gasteiger partial charge in [-0.05, 0) is 19.1 Å². The number of methoxy groups -OCH3 is 1. The van der Waals surface area contributed by atoms with Crippen LogP contribution in [0.3, 0.4) is 0 Å². The second-order valence-corrected chi connectivity index (χ2v) is 3.22. The minimum absolute atomic E-state index is 0.0931. The van der Waals surface area contributed by atoms with Crippen LogP contribution in [0.2, 0.25) is 5.02 Å². The van der Waals surface area contributed by atoms with E-state index >= 15 is 0 Å². The van der Waals surface area contributed by atoms with Crippen LogP contribution < -0.4 is 0 Å². The molecule has 0 saturated heterocycles. The van der Waals surface area contributed by atoms with E-state index in [-0.39, 0.29) is 21.8 Å². The zero-order chi connectivity index (χ0) is 11.6. The van der Waals surface area contributed by atoms with E-state index in [9.17, 15) is 14.9 Å². The number of benzene rings is 1. The highest BCUT2D eigenvalue weighted by Gasteiger charge is 2.24. The van der Waals surface area contributed by atoms with Crippen molar-refractivity contribution in [3.05, 3.63) is 38.4 Å². The molecule has 0 radical (unpaired) electrons. The second-order valence-electron chi connectivity index (χ2n) is 2.82. The van der Waals surface area contributed by atoms with Crippen molar-refractivity contribution in [1.82, 2.24) is 0 Å². The molecule has 0 fully saturated rings. The molecule has 0 aliphatic carbocycles. The minimum Gasteiger partial charge on any atom is -0.465 e. The number of nitrogens with zero attached hydrogens (tertiary/aromatic N) is 1. The van der Waals surface area contributed by atoms with Crippen molar-refractivity contribution in [3.8, 4) is 0 Å². The summed E-state index contributed by atoms with van der Waals surface area (Å²) >= 11 is 5.72. The highest BCUT2D eigenvalue weighted by molar-refractivity contribution is 6.31. The van der Waals surface area contributed by atoms with Gasteiger partial charge in [-0.1, -0.05) is 11.6 Å². The lowest BCUT2D eigenvalue weighted by Crippen LogP contribution is -2.07. The molecule has 1 aromatic rings. The zero-order valence-electron chi connectivity index (χ0n) is 8.11. The van der Waals surface area contributed by atoms with Crippen molar-refractivity contribution in [1.29, 1.82) is 0 Å². The molecule has 15 heavy (non-hydrogen) atoms. The van der Waals surface area contributed by atoms with Crippen molar-refractivity contribution in [2.24, 2.45) is 0 Å². The predicted molar refractivity (Wildman–Crippen MR) is 54.2 cm³/mol. The fourth-order valence-corrected chi connectivity index (χ4v) is 1.34. The molecule has 0 amide bonds. The van der Waals surface area contributed by atoms with Crippen LogP contribution in [0.1, 0.15) is 15.9 Å². The standard InChI is InChI=1S/C9H8ClNO4/c1-5-7(10)4-3-6(9(12)15-2)8(5)11(13)14/h3-4H,1-2H3. The Labute approximate surface area is 90.8 Å². The maximum Gasteiger partial charge on any atom is 0.344 e. The summed E-state index contributed by atoms with van der Waals surface area (Å²) in [5.41, 5.74) is -0.150. The first-order chi connectivity index (χ1) is 6.99. The van der Waals surface area contributed by atoms with Crippen molar-refractivity contribution in [3.63, 3.8) is 0 Å². The molecule has 0 aromatic heterocycles. The monoisotopic (exact) mass is 229 g/mol. The predicted octanol–water partition coefficient (Wildman–Crippen LogP) is 2.34. The van der Waals surface area contributed by atoms with Crippen LogP contribution in [0.5, 0.6) is 0 Å². The minimum atomic E-state index is -0.749. The van der Waals surface area contributed by atoms with Crippen LogP contribution in [0.15, 0.2) is 12.1 Å². The van der Waals surface area contributed by atoms with E-state index in [1.807, 2.05) is 0 Å². The Morgan fingerprint density at radius 3 is 2.60 bits per heavy atom. The Morgan fingerprint density at radius 2 is 2.13 bits per heavy atom. The molecule has 0 spiro atoms. The molecular weight excluding hydrogens is 222 g/mol. The number of rotatable bonds is 2. The van der Waals surface area contributed by atoms with Gasteiger partial charge in [-0.15, -0.1) is 0 Å². The number of carbonyl (C=O) groups is 1. The molecule has 0 heterocycles. The SMILES string of the molecule is COC(=O)c1ccc(Cl)c(C)c1[N+](=O)[O-]. The van der Waals surface area contributed by atoms with Gasteiger partial charge in [0.2, 0.25) is 0 Å². The summed E-state index contributed by atoms with van der Waals surface area (Å²) in [6.45, 7) is 1.48. The smallest absolute Gasteiger partial charge is 0.344 e. The fraction of sp³-hybridized carbons (Fsp3) is 0.222. The number of esters is 1. The van der Waals surface area contributed by atoms with Crippen molar-refractivity contribution in [2.75, 3.05) is 7.11 Å². The third kappa shape index (κ3) is 2.07. The number of ether oxygens (including phenoxy) is 1. The molecule has 0 unspecified atom stereocenters. The first-order valence-electron chi connectivity index (χ1n) is 4.00. The van der Waals surface area contributed by atoms with E-state index in [0.717, 1.165) is 7.11 Å². The summed E-state index contributed by atoms with van der Waals surface area (Å²) in [4.78, 5) is 21.3. The Balaban J connectivity index is 3.46. The van der Waals surface area contributed by atoms with Gasteiger partial charge in [-0.25, -0.2) is 4.79 Å². The molecule has 0 aliphatic rings. The van der Waals surface area contributed by atoms with E-state index in [1.165, 1.54) is 19.1 Å². The first kappa shape index (κ1) is 11.5. The average Bonchev–Trinajstić information content (AvgIpc) is 2.20. The molecule has 0 bridgehead atoms. The molecule has 0 N–H and O–H groups in total. The summed E-state index contributed by atoms with van der Waals surface area (Å²) in [5, 5.41) is 11.0. The summed E-state index contributed by atoms with van der Waals surface area (Å²) in [7, 11) is 1.16. The highest BCUT2D eigenvalue weighted by atomic mass is 35.5. The highest BCUT2D eigenvalue weighted by Crippen LogP contribution is 2.29. The largest absolute Gasteiger partial charge is 0.465 e. The van der Waals surface area contributed by atoms with Crippen LogP contribution in [0.4, 0.5) is 5.69 Å². The first-order valence-corrected chi connectivity index (χ1v) is 4.38. The van der Waals surface area contributed by atoms with E-state index in [4.69, 9.17) is 11.6 Å². The topological polar surface area (TPSA) is 69.4 Å². The molecular formula is C9H8ClNO4. The number of nitro benzene ring substituents is 1. The molecule has 0 aliphatic heterocycles. The lowest BCUT2D eigenvalue weighted by molar-refractivity contribution is -0.385. The lowest BCUT2D eigenvalue weighted by atomic mass is 10.1. The van der Waals surface area contributed by atoms with Gasteiger partial charge < -0.3 is 4.74 Å². The Kier molecular flexibility index (Phi) is 3.26. The Hall–Kier alpha value is -1.62. The van der Waals surface area contributed by atoms with Gasteiger partial charge >= 0.3 is 5.97 Å². The lowest BCUT2D eigenvalue weighted by Gasteiger charge is -2.04. The molecule has 6 heteroatoms. The van der Waals surface area contributed by atoms with E-state index in [0.29, 0.717) is 0 Å². The maximum absolute atomic E-state index is 11.2. The molecule has 0 atom stereocenters. The summed E-state index contributed by atoms with van der Waals surface area (Å²) < 4.78 is 4.44. The van der Waals surface area contributed by atoms with E-state index in [2.05, 4.69) is 4.74 Å². The van der Waals surface area contributed by atoms with Gasteiger partial charge in [-0.2, -0.15) is 0 Å². The van der Waals surface area contributed by atoms with Crippen LogP contribution in [0.25, 0.3) is 0 Å². The van der Waals surface area contributed by atoms with Crippen molar-refractivity contribution >= 4 is 23.3 Å². The van der Waals surface area contributed by atoms with Crippen LogP contribution in [-0.2, 0) is 4.74 Å². The summed E-state index contributed by atoms with van der Waals surface area (Å²) in [6.07, 6.45) is 0. The third-order valence-corrected chi connectivity index (χ3v) is 2.36. The summed E-state index contributed by atoms with van der Waals surface area (Å²) in [5.74, 6) is -0.749. The molecule has 80 valence electrons. The Morgan fingerprint density at radius 1 is 1.53 bits per heavy atom. The number of halogens is 1. The average molecular weight is 230 g/mol. The molecule has 5 nitrogen and oxygen atoms in total.